The second-order valence-electron chi connectivity index (χ2n) is 5.52. The van der Waals surface area contributed by atoms with E-state index >= 15 is 0 Å². The Kier molecular flexibility index (Phi) is 6.65. The summed E-state index contributed by atoms with van der Waals surface area (Å²) in [6.07, 6.45) is 0.638. The van der Waals surface area contributed by atoms with Crippen molar-refractivity contribution in [3.8, 4) is 0 Å². The first-order valence-corrected chi connectivity index (χ1v) is 8.65. The van der Waals surface area contributed by atoms with Crippen molar-refractivity contribution in [1.82, 2.24) is 9.62 Å². The van der Waals surface area contributed by atoms with E-state index in [-0.39, 0.29) is 5.75 Å². The van der Waals surface area contributed by atoms with E-state index < -0.39 is 10.0 Å². The summed E-state index contributed by atoms with van der Waals surface area (Å²) >= 11 is 0. The normalized spacial score (nSPS) is 12.3. The number of benzene rings is 1. The molecule has 0 heterocycles. The first-order chi connectivity index (χ1) is 9.31. The Morgan fingerprint density at radius 2 is 1.80 bits per heavy atom. The van der Waals surface area contributed by atoms with Crippen LogP contribution < -0.4 is 5.32 Å². The van der Waals surface area contributed by atoms with Crippen molar-refractivity contribution in [2.75, 3.05) is 19.3 Å². The number of hydrogen-bond donors (Lipinski definition) is 1. The molecule has 1 aromatic carbocycles. The zero-order valence-electron chi connectivity index (χ0n) is 12.9. The molecule has 0 aliphatic rings. The molecule has 0 aromatic heterocycles. The molecule has 1 rings (SSSR count). The molecule has 1 aromatic rings. The molecule has 20 heavy (non-hydrogen) atoms. The minimum absolute atomic E-state index is 0.190. The van der Waals surface area contributed by atoms with Crippen LogP contribution in [0.2, 0.25) is 0 Å². The van der Waals surface area contributed by atoms with E-state index in [9.17, 15) is 8.42 Å². The molecule has 0 atom stereocenters. The van der Waals surface area contributed by atoms with Gasteiger partial charge in [-0.3, -0.25) is 0 Å². The molecule has 114 valence electrons. The zero-order valence-corrected chi connectivity index (χ0v) is 13.7. The predicted molar refractivity (Wildman–Crippen MR) is 84.2 cm³/mol. The highest BCUT2D eigenvalue weighted by Gasteiger charge is 2.17. The third-order valence-corrected chi connectivity index (χ3v) is 5.02. The Morgan fingerprint density at radius 3 is 2.35 bits per heavy atom. The van der Waals surface area contributed by atoms with Gasteiger partial charge in [-0.2, -0.15) is 0 Å². The summed E-state index contributed by atoms with van der Waals surface area (Å²) in [5, 5.41) is 3.23. The molecule has 0 fully saturated rings. The monoisotopic (exact) mass is 298 g/mol. The molecular formula is C15H26N2O2S. The molecule has 0 unspecified atom stereocenters. The van der Waals surface area contributed by atoms with Gasteiger partial charge in [0.15, 0.2) is 0 Å². The highest BCUT2D eigenvalue weighted by molar-refractivity contribution is 7.89. The van der Waals surface area contributed by atoms with E-state index in [0.29, 0.717) is 19.0 Å². The molecule has 1 N–H and O–H groups in total. The van der Waals surface area contributed by atoms with E-state index in [4.69, 9.17) is 0 Å². The second kappa shape index (κ2) is 7.76. The molecule has 5 heteroatoms. The van der Waals surface area contributed by atoms with E-state index in [1.54, 1.807) is 7.05 Å². The lowest BCUT2D eigenvalue weighted by molar-refractivity contribution is 0.463. The Hall–Kier alpha value is -0.910. The standard InChI is InChI=1S/C15H26N2O2S/c1-13(2)16-10-5-11-20(18,19)17(4)12-15-8-6-14(3)7-9-15/h6-9,13,16H,5,10-12H2,1-4H3. The number of hydrogen-bond acceptors (Lipinski definition) is 3. The van der Waals surface area contributed by atoms with Crippen molar-refractivity contribution in [2.24, 2.45) is 0 Å². The van der Waals surface area contributed by atoms with Crippen LogP contribution in [0.1, 0.15) is 31.4 Å². The van der Waals surface area contributed by atoms with Gasteiger partial charge < -0.3 is 5.32 Å². The third-order valence-electron chi connectivity index (χ3n) is 3.13. The lowest BCUT2D eigenvalue weighted by Crippen LogP contribution is -2.31. The second-order valence-corrected chi connectivity index (χ2v) is 7.72. The van der Waals surface area contributed by atoms with Crippen molar-refractivity contribution in [3.05, 3.63) is 35.4 Å². The zero-order chi connectivity index (χ0) is 15.2. The Balaban J connectivity index is 2.48. The maximum atomic E-state index is 12.1. The Labute approximate surface area is 123 Å². The fourth-order valence-electron chi connectivity index (χ4n) is 1.85. The lowest BCUT2D eigenvalue weighted by Gasteiger charge is -2.17. The van der Waals surface area contributed by atoms with Crippen molar-refractivity contribution < 1.29 is 8.42 Å². The molecule has 0 saturated heterocycles. The quantitative estimate of drug-likeness (QED) is 0.748. The van der Waals surface area contributed by atoms with Gasteiger partial charge >= 0.3 is 0 Å². The number of rotatable bonds is 8. The molecule has 0 aliphatic heterocycles. The van der Waals surface area contributed by atoms with E-state index in [2.05, 4.69) is 19.2 Å². The van der Waals surface area contributed by atoms with Gasteiger partial charge in [-0.15, -0.1) is 0 Å². The number of nitrogens with one attached hydrogen (secondary N) is 1. The summed E-state index contributed by atoms with van der Waals surface area (Å²) in [6.45, 7) is 7.29. The van der Waals surface area contributed by atoms with E-state index in [0.717, 1.165) is 12.1 Å². The SMILES string of the molecule is Cc1ccc(CN(C)S(=O)(=O)CCCNC(C)C)cc1. The number of sulfonamides is 1. The van der Waals surface area contributed by atoms with E-state index in [1.807, 2.05) is 31.2 Å². The minimum atomic E-state index is -3.17. The summed E-state index contributed by atoms with van der Waals surface area (Å²) in [4.78, 5) is 0. The van der Waals surface area contributed by atoms with Crippen LogP contribution in [-0.2, 0) is 16.6 Å². The molecule has 0 spiro atoms. The fraction of sp³-hybridized carbons (Fsp3) is 0.600. The summed E-state index contributed by atoms with van der Waals surface area (Å²) in [6, 6.07) is 8.34. The average molecular weight is 298 g/mol. The summed E-state index contributed by atoms with van der Waals surface area (Å²) in [5.41, 5.74) is 2.20. The van der Waals surface area contributed by atoms with Crippen LogP contribution in [-0.4, -0.2) is 38.1 Å². The topological polar surface area (TPSA) is 49.4 Å². The van der Waals surface area contributed by atoms with Crippen LogP contribution >= 0.6 is 0 Å². The lowest BCUT2D eigenvalue weighted by atomic mass is 10.1. The van der Waals surface area contributed by atoms with Gasteiger partial charge in [-0.1, -0.05) is 43.7 Å². The summed E-state index contributed by atoms with van der Waals surface area (Å²) in [5.74, 6) is 0.190. The minimum Gasteiger partial charge on any atom is -0.314 e. The van der Waals surface area contributed by atoms with Crippen molar-refractivity contribution >= 4 is 10.0 Å². The van der Waals surface area contributed by atoms with Crippen LogP contribution in [0.4, 0.5) is 0 Å². The Morgan fingerprint density at radius 1 is 1.20 bits per heavy atom. The third kappa shape index (κ3) is 6.03. The molecular weight excluding hydrogens is 272 g/mol. The van der Waals surface area contributed by atoms with Gasteiger partial charge in [0.25, 0.3) is 0 Å². The molecule has 0 saturated carbocycles. The highest BCUT2D eigenvalue weighted by atomic mass is 32.2. The Bertz CT molecular complexity index is 495. The van der Waals surface area contributed by atoms with Crippen LogP contribution in [0.5, 0.6) is 0 Å². The first kappa shape index (κ1) is 17.1. The molecule has 0 bridgehead atoms. The van der Waals surface area contributed by atoms with Crippen LogP contribution in [0.15, 0.2) is 24.3 Å². The van der Waals surface area contributed by atoms with Gasteiger partial charge in [-0.05, 0) is 25.5 Å². The maximum Gasteiger partial charge on any atom is 0.214 e. The van der Waals surface area contributed by atoms with Gasteiger partial charge in [-0.25, -0.2) is 12.7 Å². The van der Waals surface area contributed by atoms with Gasteiger partial charge in [0, 0.05) is 19.6 Å². The number of aryl methyl sites for hydroxylation is 1. The maximum absolute atomic E-state index is 12.1. The van der Waals surface area contributed by atoms with Crippen molar-refractivity contribution in [3.63, 3.8) is 0 Å². The van der Waals surface area contributed by atoms with Gasteiger partial charge in [0.2, 0.25) is 10.0 Å². The molecule has 0 aliphatic carbocycles. The van der Waals surface area contributed by atoms with Crippen LogP contribution in [0.3, 0.4) is 0 Å². The number of nitrogens with zero attached hydrogens (tertiary/aromatic N) is 1. The van der Waals surface area contributed by atoms with Crippen LogP contribution in [0.25, 0.3) is 0 Å². The molecule has 4 nitrogen and oxygen atoms in total. The predicted octanol–water partition coefficient (Wildman–Crippen LogP) is 2.14. The van der Waals surface area contributed by atoms with Crippen LogP contribution in [0, 0.1) is 6.92 Å². The molecule has 0 amide bonds. The van der Waals surface area contributed by atoms with E-state index in [1.165, 1.54) is 9.87 Å². The van der Waals surface area contributed by atoms with Gasteiger partial charge in [0.1, 0.15) is 0 Å². The fourth-order valence-corrected chi connectivity index (χ4v) is 3.02. The summed E-state index contributed by atoms with van der Waals surface area (Å²) < 4.78 is 25.7. The average Bonchev–Trinajstić information content (AvgIpc) is 2.37. The van der Waals surface area contributed by atoms with Crippen molar-refractivity contribution in [1.29, 1.82) is 0 Å². The summed E-state index contributed by atoms with van der Waals surface area (Å²) in [7, 11) is -1.53. The van der Waals surface area contributed by atoms with Crippen molar-refractivity contribution in [2.45, 2.75) is 39.8 Å². The first-order valence-electron chi connectivity index (χ1n) is 7.04. The van der Waals surface area contributed by atoms with Gasteiger partial charge in [0.05, 0.1) is 5.75 Å². The smallest absolute Gasteiger partial charge is 0.214 e. The largest absolute Gasteiger partial charge is 0.314 e. The molecule has 0 radical (unpaired) electrons. The highest BCUT2D eigenvalue weighted by Crippen LogP contribution is 2.09.